The summed E-state index contributed by atoms with van der Waals surface area (Å²) in [6.07, 6.45) is 4.24. The van der Waals surface area contributed by atoms with Crippen LogP contribution in [0.4, 0.5) is 5.69 Å². The van der Waals surface area contributed by atoms with Gasteiger partial charge in [0.1, 0.15) is 0 Å². The molecule has 1 aliphatic heterocycles. The van der Waals surface area contributed by atoms with Crippen molar-refractivity contribution >= 4 is 17.6 Å². The van der Waals surface area contributed by atoms with Gasteiger partial charge < -0.3 is 10.0 Å². The average molecular weight is 261 g/mol. The van der Waals surface area contributed by atoms with Crippen molar-refractivity contribution in [3.05, 3.63) is 29.3 Å². The molecule has 1 heterocycles. The Labute approximate surface area is 113 Å². The van der Waals surface area contributed by atoms with Crippen LogP contribution in [-0.2, 0) is 11.2 Å². The molecule has 1 aliphatic rings. The highest BCUT2D eigenvalue weighted by Crippen LogP contribution is 2.24. The quantitative estimate of drug-likeness (QED) is 0.906. The summed E-state index contributed by atoms with van der Waals surface area (Å²) < 4.78 is 0. The summed E-state index contributed by atoms with van der Waals surface area (Å²) in [4.78, 5) is 24.8. The number of hydrogen-bond acceptors (Lipinski definition) is 2. The van der Waals surface area contributed by atoms with E-state index in [-0.39, 0.29) is 11.5 Å². The van der Waals surface area contributed by atoms with Crippen LogP contribution in [-0.4, -0.2) is 23.5 Å². The minimum Gasteiger partial charge on any atom is -0.478 e. The molecule has 4 nitrogen and oxygen atoms in total. The number of carboxylic acid groups (broad SMARTS) is 1. The number of piperidine rings is 1. The number of anilines is 1. The number of benzene rings is 1. The van der Waals surface area contributed by atoms with Crippen molar-refractivity contribution in [2.45, 2.75) is 39.0 Å². The van der Waals surface area contributed by atoms with Gasteiger partial charge in [-0.15, -0.1) is 0 Å². The number of aryl methyl sites for hydroxylation is 1. The smallest absolute Gasteiger partial charge is 0.335 e. The zero-order valence-electron chi connectivity index (χ0n) is 11.2. The third-order valence-electron chi connectivity index (χ3n) is 3.40. The first kappa shape index (κ1) is 13.6. The molecular weight excluding hydrogens is 242 g/mol. The van der Waals surface area contributed by atoms with E-state index in [4.69, 9.17) is 5.11 Å². The van der Waals surface area contributed by atoms with Gasteiger partial charge in [0.15, 0.2) is 0 Å². The third-order valence-corrected chi connectivity index (χ3v) is 3.40. The van der Waals surface area contributed by atoms with Crippen LogP contribution in [0.25, 0.3) is 0 Å². The molecule has 0 atom stereocenters. The van der Waals surface area contributed by atoms with Crippen LogP contribution in [0.1, 0.15) is 48.5 Å². The molecular formula is C15H19NO3. The van der Waals surface area contributed by atoms with E-state index in [2.05, 4.69) is 6.92 Å². The number of amides is 1. The molecule has 0 bridgehead atoms. The molecule has 1 N–H and O–H groups in total. The van der Waals surface area contributed by atoms with Gasteiger partial charge in [-0.1, -0.05) is 13.3 Å². The minimum atomic E-state index is -0.941. The molecule has 0 aromatic heterocycles. The Kier molecular flexibility index (Phi) is 4.20. The van der Waals surface area contributed by atoms with Gasteiger partial charge in [0.25, 0.3) is 0 Å². The fourth-order valence-electron chi connectivity index (χ4n) is 2.47. The maximum absolute atomic E-state index is 11.9. The SMILES string of the molecule is CCCc1cc(C(=O)O)cc(N2CCCCC2=O)c1. The fourth-order valence-corrected chi connectivity index (χ4v) is 2.47. The van der Waals surface area contributed by atoms with Gasteiger partial charge in [0.2, 0.25) is 5.91 Å². The lowest BCUT2D eigenvalue weighted by atomic mass is 10.0. The maximum atomic E-state index is 11.9. The number of rotatable bonds is 4. The summed E-state index contributed by atoms with van der Waals surface area (Å²) in [6.45, 7) is 2.74. The minimum absolute atomic E-state index is 0.0937. The van der Waals surface area contributed by atoms with Crippen molar-refractivity contribution in [1.82, 2.24) is 0 Å². The second kappa shape index (κ2) is 5.87. The number of hydrogen-bond donors (Lipinski definition) is 1. The third kappa shape index (κ3) is 3.13. The lowest BCUT2D eigenvalue weighted by Crippen LogP contribution is -2.35. The number of carboxylic acids is 1. The van der Waals surface area contributed by atoms with E-state index >= 15 is 0 Å². The van der Waals surface area contributed by atoms with Crippen molar-refractivity contribution in [3.63, 3.8) is 0 Å². The molecule has 1 aromatic rings. The lowest BCUT2D eigenvalue weighted by Gasteiger charge is -2.27. The van der Waals surface area contributed by atoms with Crippen molar-refractivity contribution in [2.75, 3.05) is 11.4 Å². The Morgan fingerprint density at radius 3 is 2.74 bits per heavy atom. The normalized spacial score (nSPS) is 15.6. The Hall–Kier alpha value is -1.84. The zero-order chi connectivity index (χ0) is 13.8. The second-order valence-corrected chi connectivity index (χ2v) is 4.95. The van der Waals surface area contributed by atoms with E-state index in [1.807, 2.05) is 6.07 Å². The Balaban J connectivity index is 2.37. The van der Waals surface area contributed by atoms with Crippen molar-refractivity contribution < 1.29 is 14.7 Å². The van der Waals surface area contributed by atoms with E-state index in [1.54, 1.807) is 17.0 Å². The lowest BCUT2D eigenvalue weighted by molar-refractivity contribution is -0.119. The molecule has 1 fully saturated rings. The highest BCUT2D eigenvalue weighted by molar-refractivity contribution is 5.96. The molecule has 0 spiro atoms. The summed E-state index contributed by atoms with van der Waals surface area (Å²) in [6, 6.07) is 5.24. The van der Waals surface area contributed by atoms with Crippen LogP contribution in [0.2, 0.25) is 0 Å². The van der Waals surface area contributed by atoms with Crippen LogP contribution < -0.4 is 4.90 Å². The second-order valence-electron chi connectivity index (χ2n) is 4.95. The first-order chi connectivity index (χ1) is 9.11. The van der Waals surface area contributed by atoms with Crippen LogP contribution in [0, 0.1) is 0 Å². The zero-order valence-corrected chi connectivity index (χ0v) is 11.2. The van der Waals surface area contributed by atoms with Gasteiger partial charge in [-0.2, -0.15) is 0 Å². The van der Waals surface area contributed by atoms with Gasteiger partial charge >= 0.3 is 5.97 Å². The van der Waals surface area contributed by atoms with Crippen molar-refractivity contribution in [2.24, 2.45) is 0 Å². The molecule has 102 valence electrons. The van der Waals surface area contributed by atoms with Gasteiger partial charge in [-0.3, -0.25) is 4.79 Å². The van der Waals surface area contributed by atoms with Crippen molar-refractivity contribution in [3.8, 4) is 0 Å². The summed E-state index contributed by atoms with van der Waals surface area (Å²) in [5, 5.41) is 9.16. The predicted octanol–water partition coefficient (Wildman–Crippen LogP) is 2.85. The molecule has 0 aliphatic carbocycles. The molecule has 1 amide bonds. The van der Waals surface area contributed by atoms with Gasteiger partial charge in [0, 0.05) is 18.7 Å². The fraction of sp³-hybridized carbons (Fsp3) is 0.467. The first-order valence-corrected chi connectivity index (χ1v) is 6.79. The van der Waals surface area contributed by atoms with Crippen LogP contribution in [0.3, 0.4) is 0 Å². The topological polar surface area (TPSA) is 57.6 Å². The summed E-state index contributed by atoms with van der Waals surface area (Å²) in [5.74, 6) is -0.847. The largest absolute Gasteiger partial charge is 0.478 e. The number of nitrogens with zero attached hydrogens (tertiary/aromatic N) is 1. The Bertz CT molecular complexity index is 496. The molecule has 0 radical (unpaired) electrons. The highest BCUT2D eigenvalue weighted by atomic mass is 16.4. The van der Waals surface area contributed by atoms with E-state index < -0.39 is 5.97 Å². The van der Waals surface area contributed by atoms with Crippen LogP contribution in [0.15, 0.2) is 18.2 Å². The maximum Gasteiger partial charge on any atom is 0.335 e. The van der Waals surface area contributed by atoms with E-state index in [0.717, 1.165) is 36.9 Å². The summed E-state index contributed by atoms with van der Waals surface area (Å²) in [5.41, 5.74) is 1.98. The summed E-state index contributed by atoms with van der Waals surface area (Å²) in [7, 11) is 0. The number of carbonyl (C=O) groups excluding carboxylic acids is 1. The first-order valence-electron chi connectivity index (χ1n) is 6.79. The molecule has 0 saturated carbocycles. The van der Waals surface area contributed by atoms with E-state index in [0.29, 0.717) is 13.0 Å². The van der Waals surface area contributed by atoms with E-state index in [1.165, 1.54) is 0 Å². The molecule has 1 saturated heterocycles. The molecule has 2 rings (SSSR count). The highest BCUT2D eigenvalue weighted by Gasteiger charge is 2.21. The Morgan fingerprint density at radius 1 is 1.32 bits per heavy atom. The molecule has 1 aromatic carbocycles. The average Bonchev–Trinajstić information content (AvgIpc) is 2.39. The van der Waals surface area contributed by atoms with E-state index in [9.17, 15) is 9.59 Å². The van der Waals surface area contributed by atoms with Crippen molar-refractivity contribution in [1.29, 1.82) is 0 Å². The monoisotopic (exact) mass is 261 g/mol. The van der Waals surface area contributed by atoms with Crippen LogP contribution in [0.5, 0.6) is 0 Å². The van der Waals surface area contributed by atoms with Crippen LogP contribution >= 0.6 is 0 Å². The number of aromatic carboxylic acids is 1. The molecule has 0 unspecified atom stereocenters. The van der Waals surface area contributed by atoms with Gasteiger partial charge in [0.05, 0.1) is 5.56 Å². The van der Waals surface area contributed by atoms with Gasteiger partial charge in [-0.05, 0) is 43.0 Å². The predicted molar refractivity (Wildman–Crippen MR) is 73.6 cm³/mol. The number of carbonyl (C=O) groups is 2. The van der Waals surface area contributed by atoms with Gasteiger partial charge in [-0.25, -0.2) is 4.79 Å². The Morgan fingerprint density at radius 2 is 2.11 bits per heavy atom. The standard InChI is InChI=1S/C15H19NO3/c1-2-5-11-8-12(15(18)19)10-13(9-11)16-7-4-3-6-14(16)17/h8-10H,2-7H2,1H3,(H,18,19). The summed E-state index contributed by atoms with van der Waals surface area (Å²) >= 11 is 0. The molecule has 4 heteroatoms. The molecule has 19 heavy (non-hydrogen) atoms.